The second-order valence-electron chi connectivity index (χ2n) is 7.26. The van der Waals surface area contributed by atoms with Gasteiger partial charge in [-0.15, -0.1) is 11.8 Å². The standard InChI is InChI=1S/C23H22N2O5S/c1-28-16-7-5-15(6-8-16)23(27)13-31-22-18(12-24)17(11-21(26)25(22)23)14-4-9-19(29-2)20(10-14)30-3/h4-10,17,27H,11,13H2,1-3H3. The van der Waals surface area contributed by atoms with Crippen LogP contribution >= 0.6 is 11.8 Å². The van der Waals surface area contributed by atoms with Crippen molar-refractivity contribution in [1.29, 1.82) is 5.26 Å². The van der Waals surface area contributed by atoms with Gasteiger partial charge in [0.15, 0.2) is 17.2 Å². The maximum absolute atomic E-state index is 13.2. The van der Waals surface area contributed by atoms with Crippen LogP contribution in [0.3, 0.4) is 0 Å². The van der Waals surface area contributed by atoms with Gasteiger partial charge in [-0.1, -0.05) is 18.2 Å². The van der Waals surface area contributed by atoms with Crippen molar-refractivity contribution in [2.24, 2.45) is 0 Å². The van der Waals surface area contributed by atoms with Crippen molar-refractivity contribution in [3.8, 4) is 23.3 Å². The number of nitriles is 1. The third-order valence-corrected chi connectivity index (χ3v) is 6.90. The van der Waals surface area contributed by atoms with E-state index >= 15 is 0 Å². The summed E-state index contributed by atoms with van der Waals surface area (Å²) >= 11 is 1.32. The summed E-state index contributed by atoms with van der Waals surface area (Å²) in [4.78, 5) is 14.6. The van der Waals surface area contributed by atoms with E-state index in [0.717, 1.165) is 5.56 Å². The van der Waals surface area contributed by atoms with E-state index in [0.29, 0.717) is 33.4 Å². The number of methoxy groups -OCH3 is 3. The fourth-order valence-electron chi connectivity index (χ4n) is 4.05. The minimum absolute atomic E-state index is 0.0703. The first-order valence-corrected chi connectivity index (χ1v) is 10.6. The highest BCUT2D eigenvalue weighted by atomic mass is 32.2. The normalized spacial score (nSPS) is 22.7. The minimum atomic E-state index is -1.52. The molecule has 1 saturated heterocycles. The Morgan fingerprint density at radius 1 is 1.10 bits per heavy atom. The first-order valence-electron chi connectivity index (χ1n) is 9.65. The Hall–Kier alpha value is -3.15. The highest BCUT2D eigenvalue weighted by Crippen LogP contribution is 2.52. The second-order valence-corrected chi connectivity index (χ2v) is 8.23. The molecule has 2 heterocycles. The quantitative estimate of drug-likeness (QED) is 0.765. The summed E-state index contributed by atoms with van der Waals surface area (Å²) in [6.45, 7) is 0. The van der Waals surface area contributed by atoms with Gasteiger partial charge >= 0.3 is 0 Å². The Morgan fingerprint density at radius 3 is 2.42 bits per heavy atom. The molecule has 1 amide bonds. The summed E-state index contributed by atoms with van der Waals surface area (Å²) in [5.74, 6) is 1.34. The smallest absolute Gasteiger partial charge is 0.231 e. The van der Waals surface area contributed by atoms with Crippen LogP contribution in [0.4, 0.5) is 0 Å². The molecule has 2 aromatic rings. The molecule has 1 fully saturated rings. The lowest BCUT2D eigenvalue weighted by Gasteiger charge is -2.38. The molecule has 0 saturated carbocycles. The van der Waals surface area contributed by atoms with E-state index in [1.165, 1.54) is 16.7 Å². The third-order valence-electron chi connectivity index (χ3n) is 5.67. The van der Waals surface area contributed by atoms with Crippen LogP contribution in [0.2, 0.25) is 0 Å². The van der Waals surface area contributed by atoms with E-state index in [4.69, 9.17) is 14.2 Å². The monoisotopic (exact) mass is 438 g/mol. The van der Waals surface area contributed by atoms with Gasteiger partial charge in [-0.25, -0.2) is 0 Å². The minimum Gasteiger partial charge on any atom is -0.497 e. The fourth-order valence-corrected chi connectivity index (χ4v) is 5.41. The predicted molar refractivity (Wildman–Crippen MR) is 116 cm³/mol. The van der Waals surface area contributed by atoms with Gasteiger partial charge in [0.05, 0.1) is 43.8 Å². The molecule has 0 radical (unpaired) electrons. The number of carbonyl (C=O) groups is 1. The topological polar surface area (TPSA) is 92.0 Å². The van der Waals surface area contributed by atoms with Crippen LogP contribution in [0, 0.1) is 11.3 Å². The van der Waals surface area contributed by atoms with Crippen LogP contribution in [0.1, 0.15) is 23.5 Å². The maximum atomic E-state index is 13.2. The molecule has 2 aliphatic heterocycles. The zero-order chi connectivity index (χ0) is 22.2. The summed E-state index contributed by atoms with van der Waals surface area (Å²) in [5.41, 5.74) is 0.302. The molecular formula is C23H22N2O5S. The molecule has 8 heteroatoms. The van der Waals surface area contributed by atoms with E-state index in [1.54, 1.807) is 57.7 Å². The van der Waals surface area contributed by atoms with Gasteiger partial charge in [-0.3, -0.25) is 9.69 Å². The molecular weight excluding hydrogens is 416 g/mol. The first kappa shape index (κ1) is 21.1. The molecule has 2 atom stereocenters. The third kappa shape index (κ3) is 3.40. The number of benzene rings is 2. The number of fused-ring (bicyclic) bond motifs is 1. The Bertz CT molecular complexity index is 1090. The largest absolute Gasteiger partial charge is 0.497 e. The van der Waals surface area contributed by atoms with Gasteiger partial charge in [-0.2, -0.15) is 5.26 Å². The molecule has 0 bridgehead atoms. The molecule has 2 aliphatic rings. The predicted octanol–water partition coefficient (Wildman–Crippen LogP) is 3.36. The number of ether oxygens (including phenoxy) is 3. The highest BCUT2D eigenvalue weighted by molar-refractivity contribution is 8.03. The Kier molecular flexibility index (Phi) is 5.56. The van der Waals surface area contributed by atoms with Crippen LogP contribution in [-0.2, 0) is 10.5 Å². The molecule has 0 aliphatic carbocycles. The average Bonchev–Trinajstić information content (AvgIpc) is 3.17. The molecule has 0 spiro atoms. The van der Waals surface area contributed by atoms with Crippen molar-refractivity contribution in [3.63, 3.8) is 0 Å². The second kappa shape index (κ2) is 8.17. The number of thioether (sulfide) groups is 1. The molecule has 160 valence electrons. The highest BCUT2D eigenvalue weighted by Gasteiger charge is 2.51. The van der Waals surface area contributed by atoms with Gasteiger partial charge in [0.1, 0.15) is 5.75 Å². The van der Waals surface area contributed by atoms with Gasteiger partial charge in [-0.05, 0) is 29.8 Å². The van der Waals surface area contributed by atoms with Crippen molar-refractivity contribution < 1.29 is 24.1 Å². The average molecular weight is 439 g/mol. The van der Waals surface area contributed by atoms with Crippen LogP contribution < -0.4 is 14.2 Å². The number of nitrogens with zero attached hydrogens (tertiary/aromatic N) is 2. The van der Waals surface area contributed by atoms with E-state index in [1.807, 2.05) is 6.07 Å². The van der Waals surface area contributed by atoms with Crippen molar-refractivity contribution in [3.05, 3.63) is 64.2 Å². The fraction of sp³-hybridized carbons (Fsp3) is 0.304. The summed E-state index contributed by atoms with van der Waals surface area (Å²) < 4.78 is 15.9. The molecule has 4 rings (SSSR count). The number of allylic oxidation sites excluding steroid dienone is 1. The lowest BCUT2D eigenvalue weighted by molar-refractivity contribution is -0.149. The van der Waals surface area contributed by atoms with Crippen LogP contribution in [0.15, 0.2) is 53.1 Å². The SMILES string of the molecule is COc1ccc(C2(O)CSC3=C(C#N)C(c4ccc(OC)c(OC)c4)CC(=O)N32)cc1. The molecule has 1 N–H and O–H groups in total. The molecule has 31 heavy (non-hydrogen) atoms. The molecule has 2 unspecified atom stereocenters. The number of hydrogen-bond donors (Lipinski definition) is 1. The van der Waals surface area contributed by atoms with Gasteiger partial charge in [0.2, 0.25) is 5.91 Å². The zero-order valence-electron chi connectivity index (χ0n) is 17.4. The zero-order valence-corrected chi connectivity index (χ0v) is 18.2. The summed E-state index contributed by atoms with van der Waals surface area (Å²) in [7, 11) is 4.66. The molecule has 0 aromatic heterocycles. The van der Waals surface area contributed by atoms with Crippen LogP contribution in [0.25, 0.3) is 0 Å². The van der Waals surface area contributed by atoms with E-state index in [-0.39, 0.29) is 18.1 Å². The van der Waals surface area contributed by atoms with E-state index in [2.05, 4.69) is 6.07 Å². The van der Waals surface area contributed by atoms with Crippen molar-refractivity contribution >= 4 is 17.7 Å². The molecule has 2 aromatic carbocycles. The number of amides is 1. The van der Waals surface area contributed by atoms with Crippen molar-refractivity contribution in [2.45, 2.75) is 18.1 Å². The van der Waals surface area contributed by atoms with Gasteiger partial charge in [0, 0.05) is 17.9 Å². The van der Waals surface area contributed by atoms with Crippen molar-refractivity contribution in [2.75, 3.05) is 27.1 Å². The lowest BCUT2D eigenvalue weighted by Crippen LogP contribution is -2.48. The van der Waals surface area contributed by atoms with E-state index in [9.17, 15) is 15.2 Å². The first-order chi connectivity index (χ1) is 15.0. The Labute approximate surface area is 184 Å². The van der Waals surface area contributed by atoms with Gasteiger partial charge in [0.25, 0.3) is 0 Å². The lowest BCUT2D eigenvalue weighted by atomic mass is 9.85. The van der Waals surface area contributed by atoms with Crippen LogP contribution in [0.5, 0.6) is 17.2 Å². The molecule has 7 nitrogen and oxygen atoms in total. The Balaban J connectivity index is 1.76. The van der Waals surface area contributed by atoms with Gasteiger partial charge < -0.3 is 19.3 Å². The maximum Gasteiger partial charge on any atom is 0.231 e. The van der Waals surface area contributed by atoms with E-state index < -0.39 is 11.6 Å². The summed E-state index contributed by atoms with van der Waals surface area (Å²) in [6.07, 6.45) is 0.0703. The number of hydrogen-bond acceptors (Lipinski definition) is 7. The number of rotatable bonds is 5. The summed E-state index contributed by atoms with van der Waals surface area (Å²) in [6, 6.07) is 14.6. The Morgan fingerprint density at radius 2 is 1.81 bits per heavy atom. The van der Waals surface area contributed by atoms with Crippen molar-refractivity contribution in [1.82, 2.24) is 4.90 Å². The van der Waals surface area contributed by atoms with Crippen LogP contribution in [-0.4, -0.2) is 43.0 Å². The summed E-state index contributed by atoms with van der Waals surface area (Å²) in [5, 5.41) is 22.0. The number of aliphatic hydroxyl groups is 1. The number of carbonyl (C=O) groups excluding carboxylic acids is 1.